The number of hydrogen-bond donors (Lipinski definition) is 2. The fraction of sp³-hybridized carbons (Fsp3) is 0.400. The molecule has 3 aromatic rings. The van der Waals surface area contributed by atoms with Gasteiger partial charge in [0, 0.05) is 27.3 Å². The monoisotopic (exact) mass is 397 g/mol. The van der Waals surface area contributed by atoms with Gasteiger partial charge in [0.25, 0.3) is 5.56 Å². The molecule has 1 fully saturated rings. The van der Waals surface area contributed by atoms with E-state index in [9.17, 15) is 14.4 Å². The van der Waals surface area contributed by atoms with Crippen molar-refractivity contribution >= 4 is 17.1 Å². The van der Waals surface area contributed by atoms with Crippen molar-refractivity contribution in [2.45, 2.75) is 24.8 Å². The van der Waals surface area contributed by atoms with Crippen LogP contribution in [0.5, 0.6) is 0 Å². The Balaban J connectivity index is 1.62. The van der Waals surface area contributed by atoms with E-state index in [4.69, 9.17) is 4.74 Å². The zero-order valence-corrected chi connectivity index (χ0v) is 16.4. The number of amides is 1. The molecular weight excluding hydrogens is 374 g/mol. The van der Waals surface area contributed by atoms with Crippen LogP contribution in [-0.4, -0.2) is 38.2 Å². The van der Waals surface area contributed by atoms with Crippen LogP contribution in [0.3, 0.4) is 0 Å². The summed E-state index contributed by atoms with van der Waals surface area (Å²) in [4.78, 5) is 44.9. The van der Waals surface area contributed by atoms with Gasteiger partial charge in [-0.1, -0.05) is 30.3 Å². The van der Waals surface area contributed by atoms with E-state index in [2.05, 4.69) is 15.3 Å². The molecule has 0 radical (unpaired) electrons. The predicted octanol–water partition coefficient (Wildman–Crippen LogP) is 0.325. The van der Waals surface area contributed by atoms with Crippen molar-refractivity contribution in [3.05, 3.63) is 62.6 Å². The van der Waals surface area contributed by atoms with Crippen molar-refractivity contribution in [2.24, 2.45) is 14.1 Å². The molecule has 152 valence electrons. The summed E-state index contributed by atoms with van der Waals surface area (Å²) >= 11 is 0. The molecule has 1 saturated heterocycles. The molecule has 1 aliphatic heterocycles. The van der Waals surface area contributed by atoms with Gasteiger partial charge < -0.3 is 15.0 Å². The molecule has 0 aliphatic carbocycles. The molecule has 3 heterocycles. The number of carbonyl (C=O) groups is 1. The lowest BCUT2D eigenvalue weighted by Gasteiger charge is -2.36. The van der Waals surface area contributed by atoms with Crippen molar-refractivity contribution in [2.75, 3.05) is 13.2 Å². The molecule has 0 spiro atoms. The molecule has 2 N–H and O–H groups in total. The third-order valence-corrected chi connectivity index (χ3v) is 5.67. The van der Waals surface area contributed by atoms with Crippen LogP contribution in [0.25, 0.3) is 11.2 Å². The molecular formula is C20H23N5O4. The summed E-state index contributed by atoms with van der Waals surface area (Å²) in [6.07, 6.45) is 1.19. The standard InChI is InChI=1S/C20H23N5O4/c1-24-16-15(17(26)25(2)19(24)28)22-14(23-16)12-21-18(27)20(8-10-29-11-9-20)13-6-4-3-5-7-13/h3-7H,8-12H2,1-2H3,(H,21,27)(H,22,23). The van der Waals surface area contributed by atoms with Crippen molar-refractivity contribution in [1.82, 2.24) is 24.4 Å². The minimum absolute atomic E-state index is 0.103. The van der Waals surface area contributed by atoms with Gasteiger partial charge in [-0.2, -0.15) is 0 Å². The Labute approximate surface area is 166 Å². The molecule has 0 atom stereocenters. The van der Waals surface area contributed by atoms with Gasteiger partial charge in [0.15, 0.2) is 5.65 Å². The highest BCUT2D eigenvalue weighted by atomic mass is 16.5. The van der Waals surface area contributed by atoms with Crippen LogP contribution < -0.4 is 16.6 Å². The molecule has 1 aromatic carbocycles. The first-order chi connectivity index (χ1) is 13.9. The summed E-state index contributed by atoms with van der Waals surface area (Å²) < 4.78 is 7.81. The smallest absolute Gasteiger partial charge is 0.332 e. The number of imidazole rings is 1. The largest absolute Gasteiger partial charge is 0.381 e. The van der Waals surface area contributed by atoms with Gasteiger partial charge in [0.2, 0.25) is 5.91 Å². The van der Waals surface area contributed by atoms with Gasteiger partial charge in [0.05, 0.1) is 12.0 Å². The van der Waals surface area contributed by atoms with Crippen LogP contribution >= 0.6 is 0 Å². The maximum absolute atomic E-state index is 13.2. The second-order valence-electron chi connectivity index (χ2n) is 7.33. The topological polar surface area (TPSA) is 111 Å². The zero-order chi connectivity index (χ0) is 20.6. The Morgan fingerprint density at radius 3 is 2.55 bits per heavy atom. The Hall–Kier alpha value is -3.20. The first-order valence-electron chi connectivity index (χ1n) is 9.50. The van der Waals surface area contributed by atoms with Gasteiger partial charge in [-0.3, -0.25) is 18.7 Å². The molecule has 1 aliphatic rings. The number of benzene rings is 1. The Morgan fingerprint density at radius 2 is 1.86 bits per heavy atom. The van der Waals surface area contributed by atoms with E-state index in [1.807, 2.05) is 30.3 Å². The van der Waals surface area contributed by atoms with Crippen LogP contribution in [0.2, 0.25) is 0 Å². The highest BCUT2D eigenvalue weighted by Gasteiger charge is 2.41. The van der Waals surface area contributed by atoms with Crippen LogP contribution in [0.15, 0.2) is 39.9 Å². The summed E-state index contributed by atoms with van der Waals surface area (Å²) in [7, 11) is 2.97. The van der Waals surface area contributed by atoms with Crippen molar-refractivity contribution in [1.29, 1.82) is 0 Å². The Bertz CT molecular complexity index is 1170. The predicted molar refractivity (Wildman–Crippen MR) is 107 cm³/mol. The molecule has 1 amide bonds. The minimum Gasteiger partial charge on any atom is -0.381 e. The molecule has 29 heavy (non-hydrogen) atoms. The molecule has 0 bridgehead atoms. The lowest BCUT2D eigenvalue weighted by atomic mass is 9.73. The average molecular weight is 397 g/mol. The molecule has 0 unspecified atom stereocenters. The number of hydrogen-bond acceptors (Lipinski definition) is 5. The third-order valence-electron chi connectivity index (χ3n) is 5.67. The number of ether oxygens (including phenoxy) is 1. The maximum atomic E-state index is 13.2. The third kappa shape index (κ3) is 3.17. The zero-order valence-electron chi connectivity index (χ0n) is 16.4. The van der Waals surface area contributed by atoms with Crippen molar-refractivity contribution < 1.29 is 9.53 Å². The fourth-order valence-electron chi connectivity index (χ4n) is 3.91. The van der Waals surface area contributed by atoms with Crippen molar-refractivity contribution in [3.63, 3.8) is 0 Å². The van der Waals surface area contributed by atoms with Crippen LogP contribution in [0, 0.1) is 0 Å². The van der Waals surface area contributed by atoms with E-state index >= 15 is 0 Å². The van der Waals surface area contributed by atoms with Crippen LogP contribution in [0.1, 0.15) is 24.2 Å². The number of nitrogens with zero attached hydrogens (tertiary/aromatic N) is 3. The van der Waals surface area contributed by atoms with Gasteiger partial charge >= 0.3 is 5.69 Å². The van der Waals surface area contributed by atoms with E-state index in [1.165, 1.54) is 11.6 Å². The number of aromatic amines is 1. The lowest BCUT2D eigenvalue weighted by molar-refractivity contribution is -0.130. The average Bonchev–Trinajstić information content (AvgIpc) is 3.20. The van der Waals surface area contributed by atoms with Crippen LogP contribution in [-0.2, 0) is 35.6 Å². The number of carbonyl (C=O) groups excluding carboxylic acids is 1. The van der Waals surface area contributed by atoms with Crippen molar-refractivity contribution in [3.8, 4) is 0 Å². The van der Waals surface area contributed by atoms with E-state index in [-0.39, 0.29) is 23.6 Å². The van der Waals surface area contributed by atoms with Gasteiger partial charge in [-0.15, -0.1) is 0 Å². The summed E-state index contributed by atoms with van der Waals surface area (Å²) in [5.74, 6) is 0.316. The highest BCUT2D eigenvalue weighted by molar-refractivity contribution is 5.88. The number of rotatable bonds is 4. The summed E-state index contributed by atoms with van der Waals surface area (Å²) in [6, 6.07) is 9.70. The van der Waals surface area contributed by atoms with Gasteiger partial charge in [-0.25, -0.2) is 9.78 Å². The Kier molecular flexibility index (Phi) is 4.83. The van der Waals surface area contributed by atoms with E-state index in [0.29, 0.717) is 31.9 Å². The van der Waals surface area contributed by atoms with E-state index in [0.717, 1.165) is 10.1 Å². The molecule has 9 nitrogen and oxygen atoms in total. The summed E-state index contributed by atoms with van der Waals surface area (Å²) in [5, 5.41) is 2.95. The van der Waals surface area contributed by atoms with E-state index < -0.39 is 16.7 Å². The fourth-order valence-corrected chi connectivity index (χ4v) is 3.91. The number of aryl methyl sites for hydroxylation is 1. The number of fused-ring (bicyclic) bond motifs is 1. The molecule has 4 rings (SSSR count). The first-order valence-corrected chi connectivity index (χ1v) is 9.50. The second kappa shape index (κ2) is 7.32. The quantitative estimate of drug-likeness (QED) is 0.659. The SMILES string of the molecule is Cn1c(=O)c2[nH]c(CNC(=O)C3(c4ccccc4)CCOCC3)nc2n(C)c1=O. The number of H-pyrrole nitrogens is 1. The first kappa shape index (κ1) is 19.1. The van der Waals surface area contributed by atoms with Gasteiger partial charge in [-0.05, 0) is 18.4 Å². The molecule has 2 aromatic heterocycles. The molecule has 0 saturated carbocycles. The maximum Gasteiger partial charge on any atom is 0.332 e. The summed E-state index contributed by atoms with van der Waals surface area (Å²) in [6.45, 7) is 1.16. The number of aromatic nitrogens is 4. The summed E-state index contributed by atoms with van der Waals surface area (Å²) in [5.41, 5.74) is -0.0853. The number of nitrogens with one attached hydrogen (secondary N) is 2. The highest BCUT2D eigenvalue weighted by Crippen LogP contribution is 2.35. The second-order valence-corrected chi connectivity index (χ2v) is 7.33. The Morgan fingerprint density at radius 1 is 1.17 bits per heavy atom. The van der Waals surface area contributed by atoms with Gasteiger partial charge in [0.1, 0.15) is 11.3 Å². The molecule has 9 heteroatoms. The normalized spacial score (nSPS) is 16.1. The van der Waals surface area contributed by atoms with E-state index in [1.54, 1.807) is 7.05 Å². The lowest BCUT2D eigenvalue weighted by Crippen LogP contribution is -2.47. The minimum atomic E-state index is -0.658. The van der Waals surface area contributed by atoms with Crippen LogP contribution in [0.4, 0.5) is 0 Å².